The maximum Gasteiger partial charge on any atom is 0.255 e. The lowest BCUT2D eigenvalue weighted by atomic mass is 9.99. The topological polar surface area (TPSA) is 57.3 Å². The van der Waals surface area contributed by atoms with E-state index < -0.39 is 0 Å². The highest BCUT2D eigenvalue weighted by Gasteiger charge is 2.25. The molecule has 2 unspecified atom stereocenters. The Morgan fingerprint density at radius 1 is 1.30 bits per heavy atom. The minimum Gasteiger partial charge on any atom is -0.356 e. The van der Waals surface area contributed by atoms with Crippen molar-refractivity contribution in [3.63, 3.8) is 0 Å². The van der Waals surface area contributed by atoms with Gasteiger partial charge in [0.2, 0.25) is 0 Å². The maximum atomic E-state index is 12.6. The van der Waals surface area contributed by atoms with Crippen LogP contribution in [-0.4, -0.2) is 42.6 Å². The minimum atomic E-state index is 0. The molecule has 2 N–H and O–H groups in total. The van der Waals surface area contributed by atoms with Crippen LogP contribution in [0.3, 0.4) is 0 Å². The summed E-state index contributed by atoms with van der Waals surface area (Å²) in [7, 11) is 0. The van der Waals surface area contributed by atoms with Gasteiger partial charge < -0.3 is 15.5 Å². The van der Waals surface area contributed by atoms with Crippen LogP contribution in [0.1, 0.15) is 43.0 Å². The van der Waals surface area contributed by atoms with Crippen molar-refractivity contribution in [2.45, 2.75) is 44.7 Å². The van der Waals surface area contributed by atoms with Crippen molar-refractivity contribution in [3.8, 4) is 0 Å². The van der Waals surface area contributed by atoms with E-state index in [1.54, 1.807) is 6.20 Å². The van der Waals surface area contributed by atoms with Crippen LogP contribution >= 0.6 is 24.8 Å². The van der Waals surface area contributed by atoms with E-state index in [9.17, 15) is 4.79 Å². The van der Waals surface area contributed by atoms with Gasteiger partial charge >= 0.3 is 0 Å². The van der Waals surface area contributed by atoms with Gasteiger partial charge in [-0.3, -0.25) is 4.79 Å². The Balaban J connectivity index is 0.00000132. The lowest BCUT2D eigenvalue weighted by Crippen LogP contribution is -2.52. The fourth-order valence-corrected chi connectivity index (χ4v) is 3.24. The normalized spacial score (nSPS) is 23.6. The van der Waals surface area contributed by atoms with Crippen LogP contribution in [0.5, 0.6) is 0 Å². The zero-order valence-electron chi connectivity index (χ0n) is 13.5. The highest BCUT2D eigenvalue weighted by atomic mass is 35.5. The number of nitrogens with zero attached hydrogens (tertiary/aromatic N) is 2. The summed E-state index contributed by atoms with van der Waals surface area (Å²) in [4.78, 5) is 19.3. The molecule has 23 heavy (non-hydrogen) atoms. The number of nitrogens with one attached hydrogen (secondary N) is 2. The van der Waals surface area contributed by atoms with E-state index in [2.05, 4.69) is 27.4 Å². The lowest BCUT2D eigenvalue weighted by molar-refractivity contribution is 0.0920. The molecule has 130 valence electrons. The molecule has 0 aliphatic carbocycles. The molecular weight excluding hydrogens is 335 g/mol. The molecule has 2 aliphatic heterocycles. The highest BCUT2D eigenvalue weighted by molar-refractivity contribution is 5.99. The van der Waals surface area contributed by atoms with Crippen LogP contribution in [-0.2, 0) is 0 Å². The first-order chi connectivity index (χ1) is 10.3. The molecule has 7 heteroatoms. The molecule has 2 aliphatic rings. The lowest BCUT2D eigenvalue weighted by Gasteiger charge is -2.31. The number of hydrogen-bond acceptors (Lipinski definition) is 4. The number of hydrogen-bond donors (Lipinski definition) is 2. The molecule has 3 rings (SSSR count). The Kier molecular flexibility index (Phi) is 8.09. The van der Waals surface area contributed by atoms with Crippen LogP contribution in [0, 0.1) is 0 Å². The molecule has 3 heterocycles. The number of aromatic nitrogens is 1. The van der Waals surface area contributed by atoms with Gasteiger partial charge in [-0.05, 0) is 51.3 Å². The summed E-state index contributed by atoms with van der Waals surface area (Å²) in [6.45, 7) is 5.17. The molecule has 2 atom stereocenters. The van der Waals surface area contributed by atoms with Gasteiger partial charge in [-0.15, -0.1) is 24.8 Å². The van der Waals surface area contributed by atoms with Crippen LogP contribution in [0.25, 0.3) is 0 Å². The van der Waals surface area contributed by atoms with Gasteiger partial charge in [0, 0.05) is 31.4 Å². The van der Waals surface area contributed by atoms with Gasteiger partial charge in [0.05, 0.1) is 5.56 Å². The summed E-state index contributed by atoms with van der Waals surface area (Å²) < 4.78 is 0. The number of piperidine rings is 1. The van der Waals surface area contributed by atoms with Crippen molar-refractivity contribution >= 4 is 36.5 Å². The molecule has 0 saturated carbocycles. The Hall–Kier alpha value is -1.04. The van der Waals surface area contributed by atoms with Crippen molar-refractivity contribution < 1.29 is 4.79 Å². The van der Waals surface area contributed by atoms with Gasteiger partial charge in [-0.1, -0.05) is 0 Å². The molecule has 0 spiro atoms. The summed E-state index contributed by atoms with van der Waals surface area (Å²) in [6, 6.07) is 4.26. The number of amides is 1. The second-order valence-corrected chi connectivity index (χ2v) is 6.03. The van der Waals surface area contributed by atoms with E-state index in [1.165, 1.54) is 12.8 Å². The van der Waals surface area contributed by atoms with E-state index in [4.69, 9.17) is 0 Å². The zero-order chi connectivity index (χ0) is 14.7. The van der Waals surface area contributed by atoms with Crippen molar-refractivity contribution in [3.05, 3.63) is 23.9 Å². The molecular formula is C16H26Cl2N4O. The summed E-state index contributed by atoms with van der Waals surface area (Å²) >= 11 is 0. The number of rotatable bonds is 3. The summed E-state index contributed by atoms with van der Waals surface area (Å²) in [5, 5.41) is 6.60. The Morgan fingerprint density at radius 2 is 2.04 bits per heavy atom. The zero-order valence-corrected chi connectivity index (χ0v) is 15.1. The van der Waals surface area contributed by atoms with E-state index in [0.29, 0.717) is 11.6 Å². The fraction of sp³-hybridized carbons (Fsp3) is 0.625. The Bertz CT molecular complexity index is 509. The molecule has 5 nitrogen and oxygen atoms in total. The van der Waals surface area contributed by atoms with Crippen molar-refractivity contribution in [1.29, 1.82) is 0 Å². The Labute approximate surface area is 150 Å². The first kappa shape index (κ1) is 20.0. The number of halogens is 2. The summed E-state index contributed by atoms with van der Waals surface area (Å²) in [6.07, 6.45) is 6.29. The van der Waals surface area contributed by atoms with Crippen molar-refractivity contribution in [2.75, 3.05) is 24.5 Å². The van der Waals surface area contributed by atoms with Crippen LogP contribution in [0.4, 0.5) is 5.82 Å². The number of carbonyl (C=O) groups excluding carboxylic acids is 1. The van der Waals surface area contributed by atoms with Gasteiger partial charge in [0.25, 0.3) is 5.91 Å². The third kappa shape index (κ3) is 4.72. The molecule has 1 aromatic rings. The highest BCUT2D eigenvalue weighted by Crippen LogP contribution is 2.22. The summed E-state index contributed by atoms with van der Waals surface area (Å²) in [5.41, 5.74) is 0.706. The molecule has 2 saturated heterocycles. The SMILES string of the molecule is CC1NCCCC1NC(=O)c1cccnc1N1CCCC1.Cl.Cl. The molecule has 0 radical (unpaired) electrons. The van der Waals surface area contributed by atoms with Crippen LogP contribution < -0.4 is 15.5 Å². The second-order valence-electron chi connectivity index (χ2n) is 6.03. The quantitative estimate of drug-likeness (QED) is 0.868. The van der Waals surface area contributed by atoms with E-state index in [1.807, 2.05) is 12.1 Å². The standard InChI is InChI=1S/C16H24N4O.2ClH/c1-12-14(7-5-8-17-12)19-16(21)13-6-4-9-18-15(13)20-10-2-3-11-20;;/h4,6,9,12,14,17H,2-3,5,7-8,10-11H2,1H3,(H,19,21);2*1H. The molecule has 1 aromatic heterocycles. The van der Waals surface area contributed by atoms with E-state index >= 15 is 0 Å². The average Bonchev–Trinajstić information content (AvgIpc) is 3.04. The number of anilines is 1. The largest absolute Gasteiger partial charge is 0.356 e. The number of pyridine rings is 1. The molecule has 1 amide bonds. The van der Waals surface area contributed by atoms with E-state index in [-0.39, 0.29) is 36.8 Å². The third-order valence-electron chi connectivity index (χ3n) is 4.52. The fourth-order valence-electron chi connectivity index (χ4n) is 3.24. The van der Waals surface area contributed by atoms with Gasteiger partial charge in [0.1, 0.15) is 5.82 Å². The van der Waals surface area contributed by atoms with Crippen molar-refractivity contribution in [1.82, 2.24) is 15.6 Å². The Morgan fingerprint density at radius 3 is 2.74 bits per heavy atom. The van der Waals surface area contributed by atoms with Crippen LogP contribution in [0.15, 0.2) is 18.3 Å². The molecule has 2 fully saturated rings. The first-order valence-electron chi connectivity index (χ1n) is 8.00. The predicted octanol–water partition coefficient (Wildman–Crippen LogP) is 2.40. The monoisotopic (exact) mass is 360 g/mol. The van der Waals surface area contributed by atoms with Crippen LogP contribution in [0.2, 0.25) is 0 Å². The maximum absolute atomic E-state index is 12.6. The molecule has 0 aromatic carbocycles. The van der Waals surface area contributed by atoms with Gasteiger partial charge in [-0.2, -0.15) is 0 Å². The minimum absolute atomic E-state index is 0. The van der Waals surface area contributed by atoms with Gasteiger partial charge in [-0.25, -0.2) is 4.98 Å². The van der Waals surface area contributed by atoms with Crippen molar-refractivity contribution in [2.24, 2.45) is 0 Å². The van der Waals surface area contributed by atoms with E-state index in [0.717, 1.165) is 38.3 Å². The smallest absolute Gasteiger partial charge is 0.255 e. The molecule has 0 bridgehead atoms. The second kappa shape index (κ2) is 9.30. The first-order valence-corrected chi connectivity index (χ1v) is 8.00. The summed E-state index contributed by atoms with van der Waals surface area (Å²) in [5.74, 6) is 0.842. The van der Waals surface area contributed by atoms with Gasteiger partial charge in [0.15, 0.2) is 0 Å². The average molecular weight is 361 g/mol. The number of carbonyl (C=O) groups is 1. The third-order valence-corrected chi connectivity index (χ3v) is 4.52. The predicted molar refractivity (Wildman–Crippen MR) is 98.1 cm³/mol.